The van der Waals surface area contributed by atoms with Gasteiger partial charge < -0.3 is 14.2 Å². The molecule has 1 heterocycles. The van der Waals surface area contributed by atoms with E-state index in [2.05, 4.69) is 6.92 Å². The fraction of sp³-hybridized carbons (Fsp3) is 0.941. The van der Waals surface area contributed by atoms with Gasteiger partial charge >= 0.3 is 5.97 Å². The van der Waals surface area contributed by atoms with Crippen LogP contribution in [0.1, 0.15) is 65.2 Å². The third-order valence-electron chi connectivity index (χ3n) is 4.78. The lowest BCUT2D eigenvalue weighted by molar-refractivity contribution is -0.157. The van der Waals surface area contributed by atoms with Crippen molar-refractivity contribution in [2.75, 3.05) is 19.8 Å². The molecule has 0 bridgehead atoms. The Balaban J connectivity index is 1.74. The molecule has 3 atom stereocenters. The minimum absolute atomic E-state index is 0.0465. The molecule has 2 fully saturated rings. The van der Waals surface area contributed by atoms with Gasteiger partial charge in [0.1, 0.15) is 0 Å². The normalized spacial score (nSPS) is 31.3. The maximum Gasteiger partial charge on any atom is 0.314 e. The van der Waals surface area contributed by atoms with E-state index in [4.69, 9.17) is 14.2 Å². The number of esters is 1. The van der Waals surface area contributed by atoms with Gasteiger partial charge in [0, 0.05) is 6.61 Å². The van der Waals surface area contributed by atoms with E-state index < -0.39 is 0 Å². The molecule has 122 valence electrons. The first-order valence-electron chi connectivity index (χ1n) is 8.63. The first-order valence-corrected chi connectivity index (χ1v) is 8.63. The number of carbonyl (C=O) groups is 1. The third-order valence-corrected chi connectivity index (χ3v) is 4.78. The molecule has 0 aromatic rings. The summed E-state index contributed by atoms with van der Waals surface area (Å²) in [6.07, 6.45) is 8.70. The lowest BCUT2D eigenvalue weighted by Crippen LogP contribution is -2.36. The highest BCUT2D eigenvalue weighted by Gasteiger charge is 2.57. The number of rotatable bonds is 9. The lowest BCUT2D eigenvalue weighted by atomic mass is 9.81. The molecule has 0 amide bonds. The second-order valence-electron chi connectivity index (χ2n) is 6.36. The van der Waals surface area contributed by atoms with E-state index in [0.29, 0.717) is 13.2 Å². The molecule has 0 N–H and O–H groups in total. The summed E-state index contributed by atoms with van der Waals surface area (Å²) in [5.41, 5.74) is -0.383. The first-order chi connectivity index (χ1) is 10.2. The summed E-state index contributed by atoms with van der Waals surface area (Å²) in [5, 5.41) is 0. The molecule has 0 radical (unpaired) electrons. The van der Waals surface area contributed by atoms with Crippen LogP contribution in [0.2, 0.25) is 0 Å². The number of fused-ring (bicyclic) bond motifs is 1. The Bertz CT molecular complexity index is 331. The number of hydrogen-bond acceptors (Lipinski definition) is 4. The van der Waals surface area contributed by atoms with Crippen LogP contribution in [-0.4, -0.2) is 38.0 Å². The summed E-state index contributed by atoms with van der Waals surface area (Å²) in [6.45, 7) is 5.94. The van der Waals surface area contributed by atoms with Crippen molar-refractivity contribution < 1.29 is 19.0 Å². The summed E-state index contributed by atoms with van der Waals surface area (Å²) in [7, 11) is 0. The molecule has 0 aromatic carbocycles. The smallest absolute Gasteiger partial charge is 0.314 e. The molecular formula is C17H30O4. The Morgan fingerprint density at radius 3 is 2.90 bits per heavy atom. The predicted octanol–water partition coefficient (Wildman–Crippen LogP) is 3.47. The van der Waals surface area contributed by atoms with Crippen molar-refractivity contribution in [2.24, 2.45) is 5.41 Å². The Kier molecular flexibility index (Phi) is 6.49. The van der Waals surface area contributed by atoms with Crippen LogP contribution in [0, 0.1) is 5.41 Å². The Labute approximate surface area is 128 Å². The van der Waals surface area contributed by atoms with E-state index >= 15 is 0 Å². The van der Waals surface area contributed by atoms with Crippen LogP contribution in [0.25, 0.3) is 0 Å². The highest BCUT2D eigenvalue weighted by molar-refractivity contribution is 5.78. The molecular weight excluding hydrogens is 268 g/mol. The molecule has 21 heavy (non-hydrogen) atoms. The minimum Gasteiger partial charge on any atom is -0.465 e. The van der Waals surface area contributed by atoms with E-state index in [0.717, 1.165) is 38.7 Å². The molecule has 0 spiro atoms. The maximum atomic E-state index is 12.3. The number of hydrogen-bond donors (Lipinski definition) is 0. The average Bonchev–Trinajstić information content (AvgIpc) is 3.00. The van der Waals surface area contributed by atoms with E-state index in [1.807, 2.05) is 6.92 Å². The van der Waals surface area contributed by atoms with Crippen LogP contribution < -0.4 is 0 Å². The molecule has 1 saturated heterocycles. The number of carbonyl (C=O) groups excluding carboxylic acids is 1. The van der Waals surface area contributed by atoms with E-state index in [9.17, 15) is 4.79 Å². The zero-order chi connectivity index (χ0) is 15.1. The molecule has 2 rings (SSSR count). The van der Waals surface area contributed by atoms with Crippen molar-refractivity contribution in [3.05, 3.63) is 0 Å². The molecule has 4 heteroatoms. The van der Waals surface area contributed by atoms with Crippen molar-refractivity contribution in [3.63, 3.8) is 0 Å². The Hall–Kier alpha value is -0.610. The standard InChI is InChI=1S/C17H30O4/c1-3-5-6-7-11-19-13-14-12-17(16(18)20-4-2)10-8-9-15(17)21-14/h14-15H,3-13H2,1-2H3/t14-,15-,17+/m0/s1. The summed E-state index contributed by atoms with van der Waals surface area (Å²) < 4.78 is 17.1. The van der Waals surface area contributed by atoms with Gasteiger partial charge in [-0.25, -0.2) is 0 Å². The molecule has 2 aliphatic rings. The highest BCUT2D eigenvalue weighted by Crippen LogP contribution is 2.50. The third kappa shape index (κ3) is 3.98. The quantitative estimate of drug-likeness (QED) is 0.483. The van der Waals surface area contributed by atoms with Crippen molar-refractivity contribution >= 4 is 5.97 Å². The van der Waals surface area contributed by atoms with Gasteiger partial charge in [-0.2, -0.15) is 0 Å². The van der Waals surface area contributed by atoms with Gasteiger partial charge in [0.2, 0.25) is 0 Å². The van der Waals surface area contributed by atoms with Gasteiger partial charge in [0.05, 0.1) is 30.8 Å². The fourth-order valence-corrected chi connectivity index (χ4v) is 3.69. The van der Waals surface area contributed by atoms with E-state index in [1.165, 1.54) is 19.3 Å². The summed E-state index contributed by atoms with van der Waals surface area (Å²) in [4.78, 5) is 12.3. The Morgan fingerprint density at radius 2 is 2.14 bits per heavy atom. The van der Waals surface area contributed by atoms with Crippen LogP contribution in [0.4, 0.5) is 0 Å². The summed E-state index contributed by atoms with van der Waals surface area (Å²) in [5.74, 6) is -0.0575. The van der Waals surface area contributed by atoms with Gasteiger partial charge in [0.25, 0.3) is 0 Å². The molecule has 1 aliphatic carbocycles. The average molecular weight is 298 g/mol. The second-order valence-corrected chi connectivity index (χ2v) is 6.36. The topological polar surface area (TPSA) is 44.8 Å². The molecule has 0 aromatic heterocycles. The minimum atomic E-state index is -0.383. The van der Waals surface area contributed by atoms with Gasteiger partial charge in [-0.1, -0.05) is 26.2 Å². The largest absolute Gasteiger partial charge is 0.465 e. The van der Waals surface area contributed by atoms with Gasteiger partial charge in [-0.15, -0.1) is 0 Å². The summed E-state index contributed by atoms with van der Waals surface area (Å²) in [6, 6.07) is 0. The SMILES string of the molecule is CCCCCCOC[C@@H]1C[C@]2(C(=O)OCC)CCC[C@@H]2O1. The van der Waals surface area contributed by atoms with Crippen molar-refractivity contribution in [3.8, 4) is 0 Å². The van der Waals surface area contributed by atoms with Crippen LogP contribution in [0.3, 0.4) is 0 Å². The van der Waals surface area contributed by atoms with Crippen LogP contribution >= 0.6 is 0 Å². The molecule has 4 nitrogen and oxygen atoms in total. The number of ether oxygens (including phenoxy) is 3. The van der Waals surface area contributed by atoms with Crippen LogP contribution in [-0.2, 0) is 19.0 Å². The van der Waals surface area contributed by atoms with Crippen molar-refractivity contribution in [1.29, 1.82) is 0 Å². The van der Waals surface area contributed by atoms with Crippen LogP contribution in [0.5, 0.6) is 0 Å². The molecule has 1 saturated carbocycles. The maximum absolute atomic E-state index is 12.3. The van der Waals surface area contributed by atoms with Crippen LogP contribution in [0.15, 0.2) is 0 Å². The number of unbranched alkanes of at least 4 members (excludes halogenated alkanes) is 3. The van der Waals surface area contributed by atoms with E-state index in [-0.39, 0.29) is 23.6 Å². The van der Waals surface area contributed by atoms with Gasteiger partial charge in [-0.3, -0.25) is 4.79 Å². The molecule has 0 unspecified atom stereocenters. The lowest BCUT2D eigenvalue weighted by Gasteiger charge is -2.24. The monoisotopic (exact) mass is 298 g/mol. The second kappa shape index (κ2) is 8.14. The predicted molar refractivity (Wildman–Crippen MR) is 81.2 cm³/mol. The molecule has 1 aliphatic heterocycles. The first kappa shape index (κ1) is 16.8. The van der Waals surface area contributed by atoms with Crippen molar-refractivity contribution in [2.45, 2.75) is 77.4 Å². The van der Waals surface area contributed by atoms with Crippen molar-refractivity contribution in [1.82, 2.24) is 0 Å². The highest BCUT2D eigenvalue weighted by atomic mass is 16.6. The summed E-state index contributed by atoms with van der Waals surface area (Å²) >= 11 is 0. The zero-order valence-electron chi connectivity index (χ0n) is 13.6. The van der Waals surface area contributed by atoms with E-state index in [1.54, 1.807) is 0 Å². The fourth-order valence-electron chi connectivity index (χ4n) is 3.69. The Morgan fingerprint density at radius 1 is 1.29 bits per heavy atom. The van der Waals surface area contributed by atoms with Gasteiger partial charge in [0.15, 0.2) is 0 Å². The van der Waals surface area contributed by atoms with Gasteiger partial charge in [-0.05, 0) is 39.0 Å². The zero-order valence-corrected chi connectivity index (χ0v) is 13.6.